The number of nitrogens with one attached hydrogen (secondary N) is 1. The number of nitrogens with zero attached hydrogens (tertiary/aromatic N) is 2. The lowest BCUT2D eigenvalue weighted by Crippen LogP contribution is -2.39. The van der Waals surface area contributed by atoms with Crippen LogP contribution in [-0.4, -0.2) is 37.8 Å². The van der Waals surface area contributed by atoms with Crippen molar-refractivity contribution in [3.05, 3.63) is 10.6 Å². The number of thiazole rings is 1. The highest BCUT2D eigenvalue weighted by atomic mass is 32.1. The molecule has 1 aromatic heterocycles. The minimum absolute atomic E-state index is 0.354. The van der Waals surface area contributed by atoms with Crippen molar-refractivity contribution < 1.29 is 4.74 Å². The minimum Gasteiger partial charge on any atom is -0.380 e. The molecular formula is C16H29N3OS. The molecule has 0 saturated carbocycles. The largest absolute Gasteiger partial charge is 0.380 e. The van der Waals surface area contributed by atoms with Crippen LogP contribution in [-0.2, 0) is 11.3 Å². The van der Waals surface area contributed by atoms with Gasteiger partial charge in [-0.1, -0.05) is 20.8 Å². The van der Waals surface area contributed by atoms with Gasteiger partial charge in [-0.05, 0) is 31.7 Å². The molecule has 0 aromatic carbocycles. The Balaban J connectivity index is 2.17. The maximum atomic E-state index is 5.54. The van der Waals surface area contributed by atoms with E-state index in [1.165, 1.54) is 28.5 Å². The fourth-order valence-corrected chi connectivity index (χ4v) is 3.92. The van der Waals surface area contributed by atoms with Crippen molar-refractivity contribution in [3.8, 4) is 0 Å². The number of ether oxygens (including phenoxy) is 1. The van der Waals surface area contributed by atoms with Crippen LogP contribution >= 0.6 is 11.3 Å². The topological polar surface area (TPSA) is 37.4 Å². The van der Waals surface area contributed by atoms with E-state index in [4.69, 9.17) is 9.72 Å². The molecule has 1 saturated heterocycles. The van der Waals surface area contributed by atoms with Crippen molar-refractivity contribution >= 4 is 16.5 Å². The van der Waals surface area contributed by atoms with Crippen molar-refractivity contribution in [1.82, 2.24) is 10.3 Å². The van der Waals surface area contributed by atoms with E-state index in [1.807, 2.05) is 18.4 Å². The standard InChI is InChI=1S/C16H29N3OS/c1-5-12(3)15-14(10-17-6-2)21-16(18-15)19-9-7-8-13(11-19)20-4/h12-13,17H,5-11H2,1-4H3. The van der Waals surface area contributed by atoms with Crippen LogP contribution in [0.2, 0.25) is 0 Å². The highest BCUT2D eigenvalue weighted by molar-refractivity contribution is 7.15. The van der Waals surface area contributed by atoms with Gasteiger partial charge in [0.2, 0.25) is 0 Å². The molecule has 0 spiro atoms. The lowest BCUT2D eigenvalue weighted by Gasteiger charge is -2.31. The monoisotopic (exact) mass is 311 g/mol. The van der Waals surface area contributed by atoms with Gasteiger partial charge in [0.1, 0.15) is 0 Å². The van der Waals surface area contributed by atoms with Gasteiger partial charge in [0.25, 0.3) is 0 Å². The van der Waals surface area contributed by atoms with Crippen molar-refractivity contribution in [2.24, 2.45) is 0 Å². The van der Waals surface area contributed by atoms with Crippen molar-refractivity contribution in [3.63, 3.8) is 0 Å². The zero-order valence-electron chi connectivity index (χ0n) is 13.8. The van der Waals surface area contributed by atoms with Crippen LogP contribution in [0.3, 0.4) is 0 Å². The highest BCUT2D eigenvalue weighted by Crippen LogP contribution is 2.33. The number of piperidine rings is 1. The van der Waals surface area contributed by atoms with Gasteiger partial charge in [-0.2, -0.15) is 0 Å². The van der Waals surface area contributed by atoms with E-state index in [9.17, 15) is 0 Å². The van der Waals surface area contributed by atoms with Crippen LogP contribution in [0.5, 0.6) is 0 Å². The first-order chi connectivity index (χ1) is 10.2. The summed E-state index contributed by atoms with van der Waals surface area (Å²) >= 11 is 1.86. The molecule has 2 rings (SSSR count). The molecule has 0 aliphatic carbocycles. The van der Waals surface area contributed by atoms with E-state index < -0.39 is 0 Å². The number of hydrogen-bond donors (Lipinski definition) is 1. The molecule has 1 N–H and O–H groups in total. The lowest BCUT2D eigenvalue weighted by molar-refractivity contribution is 0.0893. The molecule has 21 heavy (non-hydrogen) atoms. The first-order valence-electron chi connectivity index (χ1n) is 8.17. The van der Waals surface area contributed by atoms with E-state index >= 15 is 0 Å². The summed E-state index contributed by atoms with van der Waals surface area (Å²) in [6.07, 6.45) is 3.86. The quantitative estimate of drug-likeness (QED) is 0.837. The lowest BCUT2D eigenvalue weighted by atomic mass is 10.0. The molecular weight excluding hydrogens is 282 g/mol. The molecule has 2 atom stereocenters. The van der Waals surface area contributed by atoms with Gasteiger partial charge < -0.3 is 15.0 Å². The Bertz CT molecular complexity index is 435. The fourth-order valence-electron chi connectivity index (χ4n) is 2.73. The predicted molar refractivity (Wildman–Crippen MR) is 90.4 cm³/mol. The molecule has 4 nitrogen and oxygen atoms in total. The Morgan fingerprint density at radius 2 is 2.29 bits per heavy atom. The molecule has 0 bridgehead atoms. The van der Waals surface area contributed by atoms with Gasteiger partial charge in [0, 0.05) is 31.6 Å². The van der Waals surface area contributed by atoms with E-state index in [2.05, 4.69) is 31.0 Å². The second kappa shape index (κ2) is 8.11. The Morgan fingerprint density at radius 3 is 2.95 bits per heavy atom. The summed E-state index contributed by atoms with van der Waals surface area (Å²) in [5.41, 5.74) is 1.29. The third kappa shape index (κ3) is 4.18. The van der Waals surface area contributed by atoms with Crippen LogP contribution < -0.4 is 10.2 Å². The third-order valence-corrected chi connectivity index (χ3v) is 5.44. The number of rotatable bonds is 7. The SMILES string of the molecule is CCNCc1sc(N2CCCC(OC)C2)nc1C(C)CC. The summed E-state index contributed by atoms with van der Waals surface area (Å²) in [5, 5.41) is 4.63. The Hall–Kier alpha value is -0.650. The Labute approximate surface area is 132 Å². The van der Waals surface area contributed by atoms with E-state index in [0.717, 1.165) is 32.6 Å². The molecule has 0 amide bonds. The van der Waals surface area contributed by atoms with E-state index in [0.29, 0.717) is 12.0 Å². The highest BCUT2D eigenvalue weighted by Gasteiger charge is 2.24. The van der Waals surface area contributed by atoms with Gasteiger partial charge in [-0.15, -0.1) is 11.3 Å². The van der Waals surface area contributed by atoms with Crippen molar-refractivity contribution in [2.75, 3.05) is 31.6 Å². The molecule has 1 fully saturated rings. The second-order valence-electron chi connectivity index (χ2n) is 5.84. The second-order valence-corrected chi connectivity index (χ2v) is 6.90. The van der Waals surface area contributed by atoms with Gasteiger partial charge >= 0.3 is 0 Å². The summed E-state index contributed by atoms with van der Waals surface area (Å²) in [6.45, 7) is 10.7. The first-order valence-corrected chi connectivity index (χ1v) is 8.99. The third-order valence-electron chi connectivity index (χ3n) is 4.31. The molecule has 2 unspecified atom stereocenters. The van der Waals surface area contributed by atoms with Gasteiger partial charge in [-0.25, -0.2) is 4.98 Å². The minimum atomic E-state index is 0.354. The Kier molecular flexibility index (Phi) is 6.45. The zero-order valence-corrected chi connectivity index (χ0v) is 14.6. The summed E-state index contributed by atoms with van der Waals surface area (Å²) in [6, 6.07) is 0. The molecule has 1 aliphatic rings. The Morgan fingerprint density at radius 1 is 1.48 bits per heavy atom. The maximum Gasteiger partial charge on any atom is 0.185 e. The number of hydrogen-bond acceptors (Lipinski definition) is 5. The van der Waals surface area contributed by atoms with Crippen LogP contribution in [0, 0.1) is 0 Å². The summed E-state index contributed by atoms with van der Waals surface area (Å²) in [4.78, 5) is 8.79. The van der Waals surface area contributed by atoms with Crippen LogP contribution in [0.25, 0.3) is 0 Å². The maximum absolute atomic E-state index is 5.54. The summed E-state index contributed by atoms with van der Waals surface area (Å²) < 4.78 is 5.54. The van der Waals surface area contributed by atoms with Gasteiger partial charge in [0.15, 0.2) is 5.13 Å². The molecule has 2 heterocycles. The normalized spacial score (nSPS) is 20.8. The van der Waals surface area contributed by atoms with Crippen LogP contribution in [0.1, 0.15) is 56.5 Å². The average molecular weight is 311 g/mol. The van der Waals surface area contributed by atoms with E-state index in [-0.39, 0.29) is 0 Å². The van der Waals surface area contributed by atoms with Crippen molar-refractivity contribution in [1.29, 1.82) is 0 Å². The number of methoxy groups -OCH3 is 1. The molecule has 5 heteroatoms. The molecule has 1 aromatic rings. The van der Waals surface area contributed by atoms with Gasteiger partial charge in [-0.3, -0.25) is 0 Å². The zero-order chi connectivity index (χ0) is 15.2. The van der Waals surface area contributed by atoms with Crippen LogP contribution in [0.15, 0.2) is 0 Å². The average Bonchev–Trinajstić information content (AvgIpc) is 2.96. The first kappa shape index (κ1) is 16.7. The number of anilines is 1. The summed E-state index contributed by atoms with van der Waals surface area (Å²) in [7, 11) is 1.82. The van der Waals surface area contributed by atoms with Crippen LogP contribution in [0.4, 0.5) is 5.13 Å². The van der Waals surface area contributed by atoms with Gasteiger partial charge in [0.05, 0.1) is 11.8 Å². The molecule has 1 aliphatic heterocycles. The summed E-state index contributed by atoms with van der Waals surface area (Å²) in [5.74, 6) is 0.534. The van der Waals surface area contributed by atoms with E-state index in [1.54, 1.807) is 0 Å². The molecule has 0 radical (unpaired) electrons. The predicted octanol–water partition coefficient (Wildman–Crippen LogP) is 3.38. The smallest absolute Gasteiger partial charge is 0.185 e. The molecule has 120 valence electrons. The number of aromatic nitrogens is 1. The van der Waals surface area contributed by atoms with Crippen molar-refractivity contribution in [2.45, 2.75) is 58.6 Å². The fraction of sp³-hybridized carbons (Fsp3) is 0.812.